The van der Waals surface area contributed by atoms with E-state index in [-0.39, 0.29) is 5.69 Å². The maximum absolute atomic E-state index is 11.5. The van der Waals surface area contributed by atoms with E-state index in [0.29, 0.717) is 18.1 Å². The Morgan fingerprint density at radius 2 is 2.30 bits per heavy atom. The molecule has 0 saturated heterocycles. The quantitative estimate of drug-likeness (QED) is 0.658. The molecule has 8 heteroatoms. The minimum absolute atomic E-state index is 0.263. The van der Waals surface area contributed by atoms with Crippen LogP contribution in [-0.4, -0.2) is 60.0 Å². The van der Waals surface area contributed by atoms with Crippen molar-refractivity contribution < 1.29 is 4.74 Å². The summed E-state index contributed by atoms with van der Waals surface area (Å²) < 4.78 is 6.42. The van der Waals surface area contributed by atoms with Crippen LogP contribution in [-0.2, 0) is 4.74 Å². The molecule has 0 amide bonds. The molecule has 2 rings (SSSR count). The van der Waals surface area contributed by atoms with Crippen LogP contribution in [0.4, 0.5) is 5.82 Å². The molecule has 2 aromatic heterocycles. The number of methoxy groups -OCH3 is 1. The molecular formula is C12H20N6O2. The molecule has 0 fully saturated rings. The number of ether oxygens (including phenoxy) is 1. The zero-order chi connectivity index (χ0) is 14.5. The van der Waals surface area contributed by atoms with Crippen molar-refractivity contribution in [1.82, 2.24) is 24.9 Å². The van der Waals surface area contributed by atoms with E-state index in [4.69, 9.17) is 4.74 Å². The minimum Gasteiger partial charge on any atom is -0.383 e. The molecule has 0 unspecified atom stereocenters. The minimum atomic E-state index is -0.263. The van der Waals surface area contributed by atoms with Crippen LogP contribution in [0.3, 0.4) is 0 Å². The number of nitrogens with zero attached hydrogens (tertiary/aromatic N) is 4. The number of fused-ring (bicyclic) bond motifs is 1. The van der Waals surface area contributed by atoms with E-state index < -0.39 is 0 Å². The zero-order valence-electron chi connectivity index (χ0n) is 12.0. The number of hydrogen-bond donors (Lipinski definition) is 2. The molecule has 2 N–H and O–H groups in total. The highest BCUT2D eigenvalue weighted by Crippen LogP contribution is 2.11. The van der Waals surface area contributed by atoms with Gasteiger partial charge in [0.1, 0.15) is 11.6 Å². The summed E-state index contributed by atoms with van der Waals surface area (Å²) in [6.07, 6.45) is 0. The first kappa shape index (κ1) is 14.5. The Bertz CT molecular complexity index is 620. The average Bonchev–Trinajstić information content (AvgIpc) is 2.80. The van der Waals surface area contributed by atoms with Crippen LogP contribution in [0.15, 0.2) is 10.9 Å². The molecule has 110 valence electrons. The van der Waals surface area contributed by atoms with Gasteiger partial charge in [0.25, 0.3) is 0 Å². The van der Waals surface area contributed by atoms with Gasteiger partial charge in [-0.25, -0.2) is 19.3 Å². The summed E-state index contributed by atoms with van der Waals surface area (Å²) in [6, 6.07) is 1.79. The highest BCUT2D eigenvalue weighted by molar-refractivity contribution is 5.50. The fraction of sp³-hybridized carbons (Fsp3) is 0.583. The predicted molar refractivity (Wildman–Crippen MR) is 76.4 cm³/mol. The van der Waals surface area contributed by atoms with Crippen molar-refractivity contribution in [3.63, 3.8) is 0 Å². The Kier molecular flexibility index (Phi) is 4.70. The van der Waals surface area contributed by atoms with Crippen molar-refractivity contribution in [2.75, 3.05) is 45.3 Å². The van der Waals surface area contributed by atoms with Gasteiger partial charge in [0.15, 0.2) is 5.65 Å². The van der Waals surface area contributed by atoms with Gasteiger partial charge in [0.05, 0.1) is 6.61 Å². The summed E-state index contributed by atoms with van der Waals surface area (Å²) in [6.45, 7) is 4.95. The molecule has 0 aliphatic rings. The fourth-order valence-corrected chi connectivity index (χ4v) is 1.94. The molecule has 2 heterocycles. The predicted octanol–water partition coefficient (Wildman–Crippen LogP) is -0.602. The second-order valence-corrected chi connectivity index (χ2v) is 4.55. The summed E-state index contributed by atoms with van der Waals surface area (Å²) in [5.41, 5.74) is 0.317. The van der Waals surface area contributed by atoms with Crippen LogP contribution in [0.2, 0.25) is 0 Å². The first-order valence-corrected chi connectivity index (χ1v) is 6.49. The number of anilines is 1. The lowest BCUT2D eigenvalue weighted by Gasteiger charge is -2.18. The summed E-state index contributed by atoms with van der Waals surface area (Å²) >= 11 is 0. The molecule has 0 bridgehead atoms. The summed E-state index contributed by atoms with van der Waals surface area (Å²) in [7, 11) is 3.64. The second kappa shape index (κ2) is 6.49. The van der Waals surface area contributed by atoms with E-state index in [1.54, 1.807) is 20.1 Å². The maximum Gasteiger partial charge on any atom is 0.349 e. The number of aromatic nitrogens is 4. The molecule has 2 aromatic rings. The largest absolute Gasteiger partial charge is 0.383 e. The van der Waals surface area contributed by atoms with Crippen molar-refractivity contribution in [2.45, 2.75) is 6.92 Å². The third-order valence-corrected chi connectivity index (χ3v) is 3.05. The second-order valence-electron chi connectivity index (χ2n) is 4.55. The maximum atomic E-state index is 11.5. The number of nitrogens with one attached hydrogen (secondary N) is 2. The van der Waals surface area contributed by atoms with Crippen LogP contribution in [0, 0.1) is 6.92 Å². The van der Waals surface area contributed by atoms with Crippen LogP contribution < -0.4 is 15.9 Å². The summed E-state index contributed by atoms with van der Waals surface area (Å²) in [5.74, 6) is 1.41. The number of aromatic amines is 1. The highest BCUT2D eigenvalue weighted by Gasteiger charge is 2.09. The van der Waals surface area contributed by atoms with Crippen molar-refractivity contribution >= 4 is 11.5 Å². The van der Waals surface area contributed by atoms with Gasteiger partial charge in [-0.1, -0.05) is 0 Å². The fourth-order valence-electron chi connectivity index (χ4n) is 1.94. The first-order valence-electron chi connectivity index (χ1n) is 6.49. The van der Waals surface area contributed by atoms with Gasteiger partial charge < -0.3 is 15.0 Å². The third-order valence-electron chi connectivity index (χ3n) is 3.05. The Labute approximate surface area is 116 Å². The molecule has 0 spiro atoms. The number of likely N-dealkylation sites (N-methyl/N-ethyl adjacent to an activating group) is 1. The van der Waals surface area contributed by atoms with Crippen molar-refractivity contribution in [1.29, 1.82) is 0 Å². The van der Waals surface area contributed by atoms with Crippen LogP contribution in [0.5, 0.6) is 0 Å². The van der Waals surface area contributed by atoms with Gasteiger partial charge in [0, 0.05) is 39.9 Å². The van der Waals surface area contributed by atoms with Gasteiger partial charge in [-0.3, -0.25) is 0 Å². The Morgan fingerprint density at radius 3 is 3.05 bits per heavy atom. The third kappa shape index (κ3) is 3.14. The highest BCUT2D eigenvalue weighted by atomic mass is 16.5. The van der Waals surface area contributed by atoms with Gasteiger partial charge in [-0.15, -0.1) is 0 Å². The normalized spacial score (nSPS) is 11.2. The van der Waals surface area contributed by atoms with Gasteiger partial charge in [-0.05, 0) is 6.92 Å². The number of hydrogen-bond acceptors (Lipinski definition) is 6. The SMILES string of the molecule is COCCNCCN(C)c1cc2n[nH]c(=O)n2c(C)n1. The molecule has 20 heavy (non-hydrogen) atoms. The molecule has 0 radical (unpaired) electrons. The lowest BCUT2D eigenvalue weighted by atomic mass is 10.4. The van der Waals surface area contributed by atoms with E-state index in [1.807, 2.05) is 11.9 Å². The molecule has 0 saturated carbocycles. The van der Waals surface area contributed by atoms with E-state index in [1.165, 1.54) is 4.40 Å². The molecule has 0 atom stereocenters. The lowest BCUT2D eigenvalue weighted by Crippen LogP contribution is -2.31. The standard InChI is InChI=1S/C12H20N6O2/c1-9-14-10(8-11-15-16-12(19)18(9)11)17(2)6-4-13-5-7-20-3/h8,13H,4-7H2,1-3H3,(H,16,19). The molecule has 8 nitrogen and oxygen atoms in total. The van der Waals surface area contributed by atoms with Crippen LogP contribution >= 0.6 is 0 Å². The van der Waals surface area contributed by atoms with E-state index in [9.17, 15) is 4.79 Å². The monoisotopic (exact) mass is 280 g/mol. The first-order chi connectivity index (χ1) is 9.63. The van der Waals surface area contributed by atoms with Crippen LogP contribution in [0.1, 0.15) is 5.82 Å². The summed E-state index contributed by atoms with van der Waals surface area (Å²) in [4.78, 5) is 18.0. The summed E-state index contributed by atoms with van der Waals surface area (Å²) in [5, 5.41) is 9.66. The topological polar surface area (TPSA) is 87.5 Å². The van der Waals surface area contributed by atoms with Crippen molar-refractivity contribution in [3.8, 4) is 0 Å². The Hall–Kier alpha value is -1.93. The molecule has 0 aromatic carbocycles. The number of rotatable bonds is 7. The molecule has 0 aliphatic heterocycles. The van der Waals surface area contributed by atoms with E-state index >= 15 is 0 Å². The van der Waals surface area contributed by atoms with Crippen LogP contribution in [0.25, 0.3) is 5.65 Å². The molecule has 0 aliphatic carbocycles. The zero-order valence-corrected chi connectivity index (χ0v) is 12.0. The van der Waals surface area contributed by atoms with E-state index in [2.05, 4.69) is 20.5 Å². The Balaban J connectivity index is 2.03. The Morgan fingerprint density at radius 1 is 1.50 bits per heavy atom. The smallest absolute Gasteiger partial charge is 0.349 e. The lowest BCUT2D eigenvalue weighted by molar-refractivity contribution is 0.200. The molecular weight excluding hydrogens is 260 g/mol. The van der Waals surface area contributed by atoms with Gasteiger partial charge in [0.2, 0.25) is 0 Å². The van der Waals surface area contributed by atoms with Crippen molar-refractivity contribution in [2.24, 2.45) is 0 Å². The average molecular weight is 280 g/mol. The van der Waals surface area contributed by atoms with E-state index in [0.717, 1.165) is 25.5 Å². The van der Waals surface area contributed by atoms with Crippen molar-refractivity contribution in [3.05, 3.63) is 22.4 Å². The number of H-pyrrole nitrogens is 1. The number of aryl methyl sites for hydroxylation is 1. The van der Waals surface area contributed by atoms with Gasteiger partial charge in [-0.2, -0.15) is 5.10 Å². The van der Waals surface area contributed by atoms with Gasteiger partial charge >= 0.3 is 5.69 Å².